The van der Waals surface area contributed by atoms with Crippen LogP contribution in [-0.2, 0) is 16.3 Å². The Bertz CT molecular complexity index is 711. The van der Waals surface area contributed by atoms with Crippen LogP contribution in [0.25, 0.3) is 0 Å². The number of H-pyrrole nitrogens is 1. The fourth-order valence-corrected chi connectivity index (χ4v) is 2.45. The van der Waals surface area contributed by atoms with Crippen LogP contribution in [0.1, 0.15) is 22.6 Å². The number of hydrogen-bond acceptors (Lipinski definition) is 5. The largest absolute Gasteiger partial charge is 0.352 e. The first-order valence-electron chi connectivity index (χ1n) is 6.39. The van der Waals surface area contributed by atoms with E-state index in [1.54, 1.807) is 12.1 Å². The summed E-state index contributed by atoms with van der Waals surface area (Å²) in [5.41, 5.74) is 0.331. The topological polar surface area (TPSA) is 105 Å². The maximum Gasteiger partial charge on any atom is 0.251 e. The zero-order chi connectivity index (χ0) is 15.3. The van der Waals surface area contributed by atoms with E-state index in [-0.39, 0.29) is 10.8 Å². The number of nitrogens with zero attached hydrogens (tertiary/aromatic N) is 2. The lowest BCUT2D eigenvalue weighted by Crippen LogP contribution is -2.25. The molecule has 0 aliphatic rings. The Morgan fingerprint density at radius 1 is 1.38 bits per heavy atom. The third kappa shape index (κ3) is 4.38. The zero-order valence-electron chi connectivity index (χ0n) is 11.5. The van der Waals surface area contributed by atoms with Crippen molar-refractivity contribution in [3.8, 4) is 0 Å². The molecule has 0 spiro atoms. The van der Waals surface area contributed by atoms with Gasteiger partial charge in [-0.3, -0.25) is 9.89 Å². The summed E-state index contributed by atoms with van der Waals surface area (Å²) in [6, 6.07) is 5.98. The molecule has 1 heterocycles. The van der Waals surface area contributed by atoms with Gasteiger partial charge in [-0.25, -0.2) is 13.4 Å². The number of amides is 1. The van der Waals surface area contributed by atoms with Crippen molar-refractivity contribution in [1.29, 1.82) is 0 Å². The van der Waals surface area contributed by atoms with E-state index in [0.29, 0.717) is 24.9 Å². The maximum atomic E-state index is 11.9. The van der Waals surface area contributed by atoms with Crippen molar-refractivity contribution in [2.24, 2.45) is 0 Å². The van der Waals surface area contributed by atoms with Crippen molar-refractivity contribution in [1.82, 2.24) is 20.5 Å². The normalized spacial score (nSPS) is 11.3. The number of carbonyl (C=O) groups is 1. The summed E-state index contributed by atoms with van der Waals surface area (Å²) < 4.78 is 22.9. The van der Waals surface area contributed by atoms with Gasteiger partial charge in [0.25, 0.3) is 5.91 Å². The summed E-state index contributed by atoms with van der Waals surface area (Å²) in [5.74, 6) is 0.474. The van der Waals surface area contributed by atoms with E-state index in [1.807, 2.05) is 0 Å². The molecule has 2 rings (SSSR count). The quantitative estimate of drug-likeness (QED) is 0.759. The number of hydrogen-bond donors (Lipinski definition) is 2. The first-order valence-corrected chi connectivity index (χ1v) is 8.28. The van der Waals surface area contributed by atoms with E-state index in [1.165, 1.54) is 18.5 Å². The number of aromatic amines is 1. The minimum atomic E-state index is -3.31. The van der Waals surface area contributed by atoms with E-state index < -0.39 is 9.84 Å². The van der Waals surface area contributed by atoms with Gasteiger partial charge < -0.3 is 5.32 Å². The van der Waals surface area contributed by atoms with Gasteiger partial charge in [0.05, 0.1) is 4.90 Å². The molecule has 2 aromatic rings. The van der Waals surface area contributed by atoms with Crippen molar-refractivity contribution in [2.45, 2.75) is 17.7 Å². The summed E-state index contributed by atoms with van der Waals surface area (Å²) in [6.07, 6.45) is 3.95. The maximum absolute atomic E-state index is 11.9. The van der Waals surface area contributed by atoms with E-state index in [0.717, 1.165) is 12.1 Å². The summed E-state index contributed by atoms with van der Waals surface area (Å²) in [7, 11) is -3.31. The molecule has 1 aromatic heterocycles. The van der Waals surface area contributed by atoms with E-state index in [9.17, 15) is 13.2 Å². The predicted molar refractivity (Wildman–Crippen MR) is 76.6 cm³/mol. The number of rotatable bonds is 6. The molecule has 0 radical (unpaired) electrons. The molecule has 0 saturated carbocycles. The van der Waals surface area contributed by atoms with Gasteiger partial charge in [-0.05, 0) is 24.6 Å². The Hall–Kier alpha value is -2.22. The SMILES string of the molecule is CS(=O)(=O)c1cccc(C(=O)NCCCc2ncn[nH]2)c1. The van der Waals surface area contributed by atoms with Crippen LogP contribution in [0.4, 0.5) is 0 Å². The summed E-state index contributed by atoms with van der Waals surface area (Å²) >= 11 is 0. The third-order valence-electron chi connectivity index (χ3n) is 2.87. The molecule has 0 saturated heterocycles. The fourth-order valence-electron chi connectivity index (χ4n) is 1.78. The lowest BCUT2D eigenvalue weighted by molar-refractivity contribution is 0.0953. The van der Waals surface area contributed by atoms with Crippen molar-refractivity contribution < 1.29 is 13.2 Å². The van der Waals surface area contributed by atoms with Crippen molar-refractivity contribution in [2.75, 3.05) is 12.8 Å². The van der Waals surface area contributed by atoms with Crippen LogP contribution in [0, 0.1) is 0 Å². The molecule has 2 N–H and O–H groups in total. The lowest BCUT2D eigenvalue weighted by Gasteiger charge is -2.06. The first-order chi connectivity index (χ1) is 9.97. The molecule has 112 valence electrons. The molecule has 0 aliphatic carbocycles. The molecule has 8 heteroatoms. The molecule has 0 unspecified atom stereocenters. The summed E-state index contributed by atoms with van der Waals surface area (Å²) in [5, 5.41) is 9.22. The highest BCUT2D eigenvalue weighted by Gasteiger charge is 2.11. The van der Waals surface area contributed by atoms with Gasteiger partial charge in [0.1, 0.15) is 12.2 Å². The van der Waals surface area contributed by atoms with Gasteiger partial charge in [-0.15, -0.1) is 0 Å². The predicted octanol–water partition coefficient (Wildman–Crippen LogP) is 0.571. The van der Waals surface area contributed by atoms with Gasteiger partial charge in [0, 0.05) is 24.8 Å². The zero-order valence-corrected chi connectivity index (χ0v) is 12.4. The second kappa shape index (κ2) is 6.49. The van der Waals surface area contributed by atoms with Crippen molar-refractivity contribution in [3.63, 3.8) is 0 Å². The van der Waals surface area contributed by atoms with Crippen LogP contribution in [0.15, 0.2) is 35.5 Å². The molecule has 0 fully saturated rings. The minimum Gasteiger partial charge on any atom is -0.352 e. The molecule has 0 aliphatic heterocycles. The highest BCUT2D eigenvalue weighted by Crippen LogP contribution is 2.11. The Balaban J connectivity index is 1.88. The number of nitrogens with one attached hydrogen (secondary N) is 2. The second-order valence-electron chi connectivity index (χ2n) is 4.59. The first kappa shape index (κ1) is 15.2. The van der Waals surface area contributed by atoms with Gasteiger partial charge in [0.2, 0.25) is 0 Å². The van der Waals surface area contributed by atoms with Crippen molar-refractivity contribution >= 4 is 15.7 Å². The Morgan fingerprint density at radius 2 is 2.19 bits per heavy atom. The molecule has 0 atom stereocenters. The summed E-state index contributed by atoms with van der Waals surface area (Å²) in [4.78, 5) is 16.1. The Kier molecular flexibility index (Phi) is 4.69. The standard InChI is InChI=1S/C13H16N4O3S/c1-21(19,20)11-5-2-4-10(8-11)13(18)14-7-3-6-12-15-9-16-17-12/h2,4-5,8-9H,3,6-7H2,1H3,(H,14,18)(H,15,16,17). The Labute approximate surface area is 122 Å². The van der Waals surface area contributed by atoms with E-state index >= 15 is 0 Å². The monoisotopic (exact) mass is 308 g/mol. The molecule has 1 aromatic carbocycles. The average Bonchev–Trinajstić information content (AvgIpc) is 2.96. The minimum absolute atomic E-state index is 0.136. The third-order valence-corrected chi connectivity index (χ3v) is 3.98. The lowest BCUT2D eigenvalue weighted by atomic mass is 10.2. The number of aromatic nitrogens is 3. The molecular weight excluding hydrogens is 292 g/mol. The van der Waals surface area contributed by atoms with Crippen LogP contribution in [0.2, 0.25) is 0 Å². The molecular formula is C13H16N4O3S. The van der Waals surface area contributed by atoms with Crippen LogP contribution >= 0.6 is 0 Å². The van der Waals surface area contributed by atoms with Gasteiger partial charge in [-0.2, -0.15) is 5.10 Å². The number of carbonyl (C=O) groups excluding carboxylic acids is 1. The van der Waals surface area contributed by atoms with E-state index in [2.05, 4.69) is 20.5 Å². The molecule has 7 nitrogen and oxygen atoms in total. The highest BCUT2D eigenvalue weighted by atomic mass is 32.2. The van der Waals surface area contributed by atoms with Crippen LogP contribution in [0.3, 0.4) is 0 Å². The summed E-state index contributed by atoms with van der Waals surface area (Å²) in [6.45, 7) is 0.475. The smallest absolute Gasteiger partial charge is 0.251 e. The average molecular weight is 308 g/mol. The fraction of sp³-hybridized carbons (Fsp3) is 0.308. The molecule has 0 bridgehead atoms. The molecule has 21 heavy (non-hydrogen) atoms. The van der Waals surface area contributed by atoms with Crippen LogP contribution < -0.4 is 5.32 Å². The number of sulfone groups is 1. The molecule has 1 amide bonds. The number of benzene rings is 1. The van der Waals surface area contributed by atoms with Gasteiger partial charge >= 0.3 is 0 Å². The van der Waals surface area contributed by atoms with E-state index in [4.69, 9.17) is 0 Å². The van der Waals surface area contributed by atoms with Crippen LogP contribution in [-0.4, -0.2) is 42.3 Å². The number of aryl methyl sites for hydroxylation is 1. The highest BCUT2D eigenvalue weighted by molar-refractivity contribution is 7.90. The van der Waals surface area contributed by atoms with Gasteiger partial charge in [-0.1, -0.05) is 6.07 Å². The van der Waals surface area contributed by atoms with Gasteiger partial charge in [0.15, 0.2) is 9.84 Å². The van der Waals surface area contributed by atoms with Crippen molar-refractivity contribution in [3.05, 3.63) is 42.0 Å². The second-order valence-corrected chi connectivity index (χ2v) is 6.61. The van der Waals surface area contributed by atoms with Crippen LogP contribution in [0.5, 0.6) is 0 Å². The Morgan fingerprint density at radius 3 is 2.86 bits per heavy atom.